The normalized spacial score (nSPS) is 9.62. The SMILES string of the molecule is CCOC(=O)Nc1nc(CC(=O)OC)cs1. The van der Waals surface area contributed by atoms with Gasteiger partial charge in [-0.15, -0.1) is 11.3 Å². The van der Waals surface area contributed by atoms with Crippen molar-refractivity contribution in [1.82, 2.24) is 4.98 Å². The Morgan fingerprint density at radius 3 is 2.94 bits per heavy atom. The maximum atomic E-state index is 11.0. The number of amides is 1. The van der Waals surface area contributed by atoms with E-state index < -0.39 is 6.09 Å². The molecule has 0 atom stereocenters. The molecule has 0 unspecified atom stereocenters. The molecule has 0 saturated carbocycles. The second-order valence-corrected chi connectivity index (χ2v) is 3.60. The first-order valence-corrected chi connectivity index (χ1v) is 5.48. The van der Waals surface area contributed by atoms with E-state index in [9.17, 15) is 9.59 Å². The summed E-state index contributed by atoms with van der Waals surface area (Å²) in [5.41, 5.74) is 0.559. The second kappa shape index (κ2) is 6.06. The zero-order chi connectivity index (χ0) is 12.0. The standard InChI is InChI=1S/C9H12N2O4S/c1-3-15-9(13)11-8-10-6(5-16-8)4-7(12)14-2/h5H,3-4H2,1-2H3,(H,10,11,13). The molecule has 1 aromatic heterocycles. The van der Waals surface area contributed by atoms with Gasteiger partial charge in [0, 0.05) is 5.38 Å². The number of nitrogens with one attached hydrogen (secondary N) is 1. The predicted octanol–water partition coefficient (Wildman–Crippen LogP) is 1.43. The molecule has 1 heterocycles. The first-order valence-electron chi connectivity index (χ1n) is 4.60. The van der Waals surface area contributed by atoms with Gasteiger partial charge >= 0.3 is 12.1 Å². The van der Waals surface area contributed by atoms with Gasteiger partial charge < -0.3 is 9.47 Å². The molecule has 16 heavy (non-hydrogen) atoms. The Kier molecular flexibility index (Phi) is 4.71. The lowest BCUT2D eigenvalue weighted by molar-refractivity contribution is -0.139. The van der Waals surface area contributed by atoms with Crippen LogP contribution in [0.1, 0.15) is 12.6 Å². The molecule has 1 aromatic rings. The average Bonchev–Trinajstić information content (AvgIpc) is 2.65. The predicted molar refractivity (Wildman–Crippen MR) is 58.5 cm³/mol. The maximum absolute atomic E-state index is 11.0. The van der Waals surface area contributed by atoms with Crippen LogP contribution in [0.15, 0.2) is 5.38 Å². The van der Waals surface area contributed by atoms with Crippen molar-refractivity contribution >= 4 is 28.5 Å². The number of nitrogens with zero attached hydrogens (tertiary/aromatic N) is 1. The van der Waals surface area contributed by atoms with Gasteiger partial charge in [0.25, 0.3) is 0 Å². The number of carbonyl (C=O) groups is 2. The summed E-state index contributed by atoms with van der Waals surface area (Å²) in [6, 6.07) is 0. The van der Waals surface area contributed by atoms with Gasteiger partial charge in [-0.1, -0.05) is 0 Å². The summed E-state index contributed by atoms with van der Waals surface area (Å²) in [6.07, 6.45) is -0.459. The monoisotopic (exact) mass is 244 g/mol. The summed E-state index contributed by atoms with van der Waals surface area (Å²) in [5.74, 6) is -0.368. The van der Waals surface area contributed by atoms with Gasteiger partial charge in [-0.25, -0.2) is 9.78 Å². The smallest absolute Gasteiger partial charge is 0.413 e. The minimum atomic E-state index is -0.554. The summed E-state index contributed by atoms with van der Waals surface area (Å²) in [4.78, 5) is 26.0. The maximum Gasteiger partial charge on any atom is 0.413 e. The lowest BCUT2D eigenvalue weighted by Gasteiger charge is -2.00. The fraction of sp³-hybridized carbons (Fsp3) is 0.444. The first-order chi connectivity index (χ1) is 7.65. The Morgan fingerprint density at radius 1 is 1.56 bits per heavy atom. The van der Waals surface area contributed by atoms with E-state index in [1.165, 1.54) is 18.4 Å². The molecule has 1 N–H and O–H groups in total. The number of carbonyl (C=O) groups excluding carboxylic acids is 2. The molecule has 1 amide bonds. The van der Waals surface area contributed by atoms with Crippen molar-refractivity contribution in [2.24, 2.45) is 0 Å². The molecule has 7 heteroatoms. The first kappa shape index (κ1) is 12.4. The topological polar surface area (TPSA) is 77.5 Å². The number of anilines is 1. The highest BCUT2D eigenvalue weighted by molar-refractivity contribution is 7.13. The molecule has 0 saturated heterocycles. The number of ether oxygens (including phenoxy) is 2. The molecule has 0 aliphatic carbocycles. The lowest BCUT2D eigenvalue weighted by Crippen LogP contribution is -2.13. The van der Waals surface area contributed by atoms with Crippen molar-refractivity contribution in [3.05, 3.63) is 11.1 Å². The van der Waals surface area contributed by atoms with Crippen molar-refractivity contribution in [2.45, 2.75) is 13.3 Å². The van der Waals surface area contributed by atoms with Crippen molar-refractivity contribution in [3.63, 3.8) is 0 Å². The van der Waals surface area contributed by atoms with Gasteiger partial charge in [-0.2, -0.15) is 0 Å². The van der Waals surface area contributed by atoms with Crippen LogP contribution in [0.25, 0.3) is 0 Å². The van der Waals surface area contributed by atoms with Gasteiger partial charge in [-0.05, 0) is 6.92 Å². The highest BCUT2D eigenvalue weighted by Crippen LogP contribution is 2.16. The van der Waals surface area contributed by atoms with Crippen molar-refractivity contribution in [3.8, 4) is 0 Å². The summed E-state index contributed by atoms with van der Waals surface area (Å²) < 4.78 is 9.18. The third-order valence-electron chi connectivity index (χ3n) is 1.59. The third kappa shape index (κ3) is 3.85. The van der Waals surface area contributed by atoms with Gasteiger partial charge in [0.1, 0.15) is 0 Å². The van der Waals surface area contributed by atoms with Crippen LogP contribution in [0.2, 0.25) is 0 Å². The van der Waals surface area contributed by atoms with Crippen LogP contribution in [0.3, 0.4) is 0 Å². The molecule has 88 valence electrons. The lowest BCUT2D eigenvalue weighted by atomic mass is 10.3. The zero-order valence-corrected chi connectivity index (χ0v) is 9.80. The highest BCUT2D eigenvalue weighted by atomic mass is 32.1. The number of aromatic nitrogens is 1. The van der Waals surface area contributed by atoms with Gasteiger partial charge in [0.05, 0.1) is 25.8 Å². The van der Waals surface area contributed by atoms with E-state index in [1.54, 1.807) is 12.3 Å². The van der Waals surface area contributed by atoms with E-state index in [4.69, 9.17) is 0 Å². The second-order valence-electron chi connectivity index (χ2n) is 2.74. The number of esters is 1. The third-order valence-corrected chi connectivity index (χ3v) is 2.40. The number of rotatable bonds is 4. The Labute approximate surface area is 96.6 Å². The van der Waals surface area contributed by atoms with E-state index in [-0.39, 0.29) is 12.4 Å². The van der Waals surface area contributed by atoms with E-state index in [0.717, 1.165) is 0 Å². The van der Waals surface area contributed by atoms with Crippen LogP contribution in [-0.2, 0) is 20.7 Å². The number of methoxy groups -OCH3 is 1. The Morgan fingerprint density at radius 2 is 2.31 bits per heavy atom. The van der Waals surface area contributed by atoms with Crippen LogP contribution in [0.4, 0.5) is 9.93 Å². The van der Waals surface area contributed by atoms with Crippen molar-refractivity contribution in [2.75, 3.05) is 19.0 Å². The van der Waals surface area contributed by atoms with Gasteiger partial charge in [0.2, 0.25) is 0 Å². The molecule has 0 spiro atoms. The van der Waals surface area contributed by atoms with Crippen LogP contribution in [-0.4, -0.2) is 30.8 Å². The highest BCUT2D eigenvalue weighted by Gasteiger charge is 2.09. The summed E-state index contributed by atoms with van der Waals surface area (Å²) >= 11 is 1.23. The quantitative estimate of drug-likeness (QED) is 0.810. The molecule has 0 fully saturated rings. The van der Waals surface area contributed by atoms with Crippen LogP contribution in [0, 0.1) is 0 Å². The molecule has 1 rings (SSSR count). The Bertz CT molecular complexity index is 377. The summed E-state index contributed by atoms with van der Waals surface area (Å²) in [6.45, 7) is 2.01. The van der Waals surface area contributed by atoms with Crippen LogP contribution < -0.4 is 5.32 Å². The molecule has 0 aliphatic rings. The molecule has 0 aliphatic heterocycles. The molecule has 6 nitrogen and oxygen atoms in total. The van der Waals surface area contributed by atoms with Gasteiger partial charge in [0.15, 0.2) is 5.13 Å². The van der Waals surface area contributed by atoms with E-state index in [2.05, 4.69) is 19.8 Å². The number of hydrogen-bond acceptors (Lipinski definition) is 6. The molecule has 0 bridgehead atoms. The Balaban J connectivity index is 2.51. The van der Waals surface area contributed by atoms with Gasteiger partial charge in [-0.3, -0.25) is 10.1 Å². The minimum absolute atomic E-state index is 0.0947. The van der Waals surface area contributed by atoms with E-state index >= 15 is 0 Å². The van der Waals surface area contributed by atoms with Crippen LogP contribution in [0.5, 0.6) is 0 Å². The molecule has 0 radical (unpaired) electrons. The Hall–Kier alpha value is -1.63. The molecular weight excluding hydrogens is 232 g/mol. The minimum Gasteiger partial charge on any atom is -0.469 e. The molecule has 0 aromatic carbocycles. The fourth-order valence-electron chi connectivity index (χ4n) is 0.920. The summed E-state index contributed by atoms with van der Waals surface area (Å²) in [7, 11) is 1.31. The fourth-order valence-corrected chi connectivity index (χ4v) is 1.62. The van der Waals surface area contributed by atoms with E-state index in [0.29, 0.717) is 17.4 Å². The number of hydrogen-bond donors (Lipinski definition) is 1. The van der Waals surface area contributed by atoms with Crippen molar-refractivity contribution in [1.29, 1.82) is 0 Å². The number of thiazole rings is 1. The van der Waals surface area contributed by atoms with Crippen LogP contribution >= 0.6 is 11.3 Å². The molecular formula is C9H12N2O4S. The van der Waals surface area contributed by atoms with E-state index in [1.807, 2.05) is 0 Å². The average molecular weight is 244 g/mol. The summed E-state index contributed by atoms with van der Waals surface area (Å²) in [5, 5.41) is 4.53. The largest absolute Gasteiger partial charge is 0.469 e. The zero-order valence-electron chi connectivity index (χ0n) is 8.98. The van der Waals surface area contributed by atoms with Crippen molar-refractivity contribution < 1.29 is 19.1 Å².